The van der Waals surface area contributed by atoms with Gasteiger partial charge in [0.05, 0.1) is 34.3 Å². The second-order valence-electron chi connectivity index (χ2n) is 31.7. The van der Waals surface area contributed by atoms with Crippen molar-refractivity contribution in [3.63, 3.8) is 0 Å². The summed E-state index contributed by atoms with van der Waals surface area (Å²) in [5.41, 5.74) is 16.7. The van der Waals surface area contributed by atoms with E-state index in [0.29, 0.717) is 44.7 Å². The van der Waals surface area contributed by atoms with Gasteiger partial charge in [-0.25, -0.2) is 58.1 Å². The third kappa shape index (κ3) is 23.8. The Bertz CT molecular complexity index is 5720. The molecule has 123 heavy (non-hydrogen) atoms. The molecule has 15 rings (SSSR count). The smallest absolute Gasteiger partial charge is 0.287 e. The van der Waals surface area contributed by atoms with Crippen LogP contribution in [0, 0.1) is 34.4 Å². The average Bonchev–Trinajstić information content (AvgIpc) is 1.19. The minimum absolute atomic E-state index is 0.0162. The van der Waals surface area contributed by atoms with E-state index in [2.05, 4.69) is 25.4 Å². The predicted octanol–water partition coefficient (Wildman–Crippen LogP) is 14.1. The Balaban J connectivity index is 0.000000162. The minimum atomic E-state index is -3.79. The van der Waals surface area contributed by atoms with Gasteiger partial charge in [0.15, 0.2) is 11.3 Å². The fourth-order valence-corrected chi connectivity index (χ4v) is 17.7. The monoisotopic (exact) mass is 1720 g/mol. The maximum absolute atomic E-state index is 13.1. The van der Waals surface area contributed by atoms with E-state index in [4.69, 9.17) is 34.9 Å². The maximum atomic E-state index is 13.1. The van der Waals surface area contributed by atoms with Gasteiger partial charge in [0.2, 0.25) is 26.0 Å². The van der Waals surface area contributed by atoms with Gasteiger partial charge >= 0.3 is 0 Å². The Morgan fingerprint density at radius 3 is 1.26 bits per heavy atom. The molecule has 5 atom stereocenters. The number of para-hydroxylation sites is 1. The summed E-state index contributed by atoms with van der Waals surface area (Å²) in [7, 11) is -5.23. The zero-order valence-corrected chi connectivity index (χ0v) is 70.6. The molecule has 0 spiro atoms. The van der Waals surface area contributed by atoms with Crippen molar-refractivity contribution in [2.75, 3.05) is 5.75 Å². The number of nitrogens with zero attached hydrogens (tertiary/aromatic N) is 1. The summed E-state index contributed by atoms with van der Waals surface area (Å²) < 4.78 is 78.5. The number of aryl methyl sites for hydroxylation is 1. The lowest BCUT2D eigenvalue weighted by atomic mass is 9.49. The zero-order valence-electron chi connectivity index (χ0n) is 68.9. The van der Waals surface area contributed by atoms with Crippen molar-refractivity contribution in [3.8, 4) is 11.3 Å². The molecule has 4 fully saturated rings. The molecule has 11 aromatic rings. The topological polar surface area (TPSA) is 457 Å². The molecule has 0 aliphatic heterocycles. The first-order valence-electron chi connectivity index (χ1n) is 39.5. The maximum Gasteiger partial charge on any atom is 0.287 e. The van der Waals surface area contributed by atoms with E-state index in [1.807, 2.05) is 119 Å². The van der Waals surface area contributed by atoms with Crippen molar-refractivity contribution < 1.29 is 94.5 Å². The first-order valence-corrected chi connectivity index (χ1v) is 42.7. The zero-order chi connectivity index (χ0) is 89.3. The van der Waals surface area contributed by atoms with Crippen LogP contribution in [0.3, 0.4) is 0 Å². The number of halogens is 1. The van der Waals surface area contributed by atoms with Crippen LogP contribution in [0.2, 0.25) is 0 Å². The van der Waals surface area contributed by atoms with E-state index in [1.165, 1.54) is 66.6 Å². The number of nitrogens with one attached hydrogen (secondary N) is 10. The summed E-state index contributed by atoms with van der Waals surface area (Å²) in [4.78, 5) is 95.3. The molecule has 4 saturated carbocycles. The van der Waals surface area contributed by atoms with Crippen molar-refractivity contribution >= 4 is 89.4 Å². The van der Waals surface area contributed by atoms with Gasteiger partial charge in [-0.1, -0.05) is 130 Å². The number of hydrogen-bond donors (Lipinski definition) is 15. The molecule has 4 aliphatic rings. The summed E-state index contributed by atoms with van der Waals surface area (Å²) in [5.74, 6) is -0.511. The molecular weight excluding hydrogens is 1620 g/mol. The lowest BCUT2D eigenvalue weighted by molar-refractivity contribution is -0.147. The first kappa shape index (κ1) is 92.7. The first-order chi connectivity index (χ1) is 58.5. The largest absolute Gasteiger partial charge is 0.454 e. The van der Waals surface area contributed by atoms with Gasteiger partial charge < -0.3 is 29.4 Å². The summed E-state index contributed by atoms with van der Waals surface area (Å²) in [6, 6.07) is 58.3. The van der Waals surface area contributed by atoms with Crippen LogP contribution in [0.1, 0.15) is 225 Å². The number of amides is 8. The second kappa shape index (κ2) is 40.9. The Hall–Kier alpha value is -12.6. The van der Waals surface area contributed by atoms with Crippen LogP contribution in [0.15, 0.2) is 232 Å². The van der Waals surface area contributed by atoms with E-state index in [0.717, 1.165) is 93.6 Å². The van der Waals surface area contributed by atoms with E-state index in [1.54, 1.807) is 134 Å². The van der Waals surface area contributed by atoms with Crippen molar-refractivity contribution in [2.45, 2.75) is 129 Å². The van der Waals surface area contributed by atoms with Crippen LogP contribution in [-0.4, -0.2) is 100 Å². The number of benzene rings is 8. The third-order valence-electron chi connectivity index (χ3n) is 21.9. The number of furan rings is 2. The normalized spacial score (nSPS) is 16.8. The number of rotatable bonds is 23. The standard InChI is InChI=1S/C23H21N3O4.C21H22N2O4.C20H26N2O3.C15H15FN2O4S.C11H16N2O4S/c1-14(15-8-10-17(11-9-15)22(27)25-29)24-23(28)19-13-21-18(26(19)2)12-20(30-21)16-6-4-3-5-7-16;1-21(2,3)18(13-8-10-14(11-9-13)19(24)23-26)22-20(25)17-12-15-6-4-5-7-16(15)27-17;1-12(16-2-4-17(5-3-16)18(23)22-25)21-19(24)20-9-13-6-14(10-20)8-15(7-13)11-20;1-10(11-2-4-12(5-3-11)15(19)17-20)18-23(21,22)14-8-6-13(16)7-9-14;1-3-18(16,17)13-8(2)9-4-6-10(7-5-9)11(14)12-15/h3-14,29H,1-2H3,(H,24,28)(H,25,27);4-12,18,26H,1-3H3,(H,22,25)(H,23,24);2-5,12-15,25H,6-11H2,1H3,(H,21,24)(H,22,23);2-10,18,20H,1H3,(H,17,19);4-8,13,15H,3H2,1-2H3,(H,12,14)/t14-;;;;/m1..../s1. The highest BCUT2D eigenvalue weighted by molar-refractivity contribution is 7.89. The SMILES string of the molecule is CC(C)(C)C(NC(=O)c1cc2ccccc2o1)c1ccc(C(=O)NO)cc1.CC(NC(=O)C12CC3CC(CC(C3)C1)C2)c1ccc(C(=O)NO)cc1.CC(NS(=O)(=O)c1ccc(F)cc1)c1ccc(C(=O)NO)cc1.CCS(=O)(=O)NC(C)c1ccc(C(=O)NO)cc1.C[C@@H](NC(=O)c1cc2oc(-c3ccccc3)cc2n1C)c1ccc(C(=O)NO)cc1. The molecule has 8 amide bonds. The molecule has 4 unspecified atom stereocenters. The van der Waals surface area contributed by atoms with Gasteiger partial charge in [-0.15, -0.1) is 0 Å². The molecule has 8 aromatic carbocycles. The number of aromatic nitrogens is 1. The highest BCUT2D eigenvalue weighted by Crippen LogP contribution is 2.60. The van der Waals surface area contributed by atoms with Gasteiger partial charge in [-0.3, -0.25) is 64.4 Å². The van der Waals surface area contributed by atoms with Gasteiger partial charge in [0.25, 0.3) is 41.4 Å². The molecule has 3 heterocycles. The number of hydrogen-bond acceptors (Lipinski definition) is 19. The summed E-state index contributed by atoms with van der Waals surface area (Å²) in [5, 5.41) is 53.2. The summed E-state index contributed by atoms with van der Waals surface area (Å²) in [6.07, 6.45) is 7.18. The quantitative estimate of drug-likeness (QED) is 0.0209. The average molecular weight is 1720 g/mol. The van der Waals surface area contributed by atoms with E-state index < -0.39 is 61.4 Å². The van der Waals surface area contributed by atoms with Gasteiger partial charge in [0.1, 0.15) is 22.9 Å². The van der Waals surface area contributed by atoms with Crippen LogP contribution in [0.5, 0.6) is 0 Å². The summed E-state index contributed by atoms with van der Waals surface area (Å²) >= 11 is 0. The molecule has 4 bridgehead atoms. The molecule has 30 nitrogen and oxygen atoms in total. The second-order valence-corrected chi connectivity index (χ2v) is 35.4. The van der Waals surface area contributed by atoms with Gasteiger partial charge in [-0.05, 0) is 221 Å². The summed E-state index contributed by atoms with van der Waals surface area (Å²) in [6.45, 7) is 14.8. The number of hydroxylamine groups is 5. The number of sulfonamides is 2. The molecule has 4 aliphatic carbocycles. The molecule has 33 heteroatoms. The molecule has 648 valence electrons. The minimum Gasteiger partial charge on any atom is -0.454 e. The molecule has 0 saturated heterocycles. The molecular formula is C90H100FN11O19S2. The Labute approximate surface area is 710 Å². The fraction of sp³-hybridized carbons (Fsp3) is 0.289. The van der Waals surface area contributed by atoms with Crippen LogP contribution in [0.4, 0.5) is 4.39 Å². The van der Waals surface area contributed by atoms with E-state index in [-0.39, 0.29) is 74.7 Å². The van der Waals surface area contributed by atoms with Gasteiger partial charge in [-0.2, -0.15) is 0 Å². The highest BCUT2D eigenvalue weighted by atomic mass is 32.2. The Kier molecular flexibility index (Phi) is 30.8. The Morgan fingerprint density at radius 2 is 0.854 bits per heavy atom. The van der Waals surface area contributed by atoms with Crippen molar-refractivity contribution in [1.82, 2.24) is 57.4 Å². The molecule has 15 N–H and O–H groups in total. The molecule has 0 radical (unpaired) electrons. The lowest BCUT2D eigenvalue weighted by Gasteiger charge is -2.55. The van der Waals surface area contributed by atoms with Crippen LogP contribution < -0.4 is 52.8 Å². The lowest BCUT2D eigenvalue weighted by Crippen LogP contribution is -2.53. The predicted molar refractivity (Wildman–Crippen MR) is 454 cm³/mol. The van der Waals surface area contributed by atoms with Crippen molar-refractivity contribution in [2.24, 2.45) is 35.6 Å². The number of carbonyl (C=O) groups is 8. The van der Waals surface area contributed by atoms with Gasteiger partial charge in [0, 0.05) is 75.4 Å². The highest BCUT2D eigenvalue weighted by Gasteiger charge is 2.55. The van der Waals surface area contributed by atoms with Crippen LogP contribution >= 0.6 is 0 Å². The van der Waals surface area contributed by atoms with E-state index in [9.17, 15) is 59.6 Å². The Morgan fingerprint density at radius 1 is 0.455 bits per heavy atom. The number of fused-ring (bicyclic) bond motifs is 2. The van der Waals surface area contributed by atoms with Crippen LogP contribution in [-0.2, 0) is 31.9 Å². The fourth-order valence-electron chi connectivity index (χ4n) is 15.6. The van der Waals surface area contributed by atoms with E-state index >= 15 is 0 Å². The van der Waals surface area contributed by atoms with Crippen LogP contribution in [0.25, 0.3) is 33.4 Å². The molecule has 3 aromatic heterocycles. The van der Waals surface area contributed by atoms with Crippen molar-refractivity contribution in [1.29, 1.82) is 0 Å². The number of carbonyl (C=O) groups excluding carboxylic acids is 8. The van der Waals surface area contributed by atoms with Crippen molar-refractivity contribution in [3.05, 3.63) is 291 Å². The third-order valence-corrected chi connectivity index (χ3v) is 25.0.